The second-order valence-electron chi connectivity index (χ2n) is 6.25. The third kappa shape index (κ3) is 3.28. The number of hydrogen-bond donors (Lipinski definition) is 2. The van der Waals surface area contributed by atoms with Gasteiger partial charge in [-0.25, -0.2) is 13.1 Å². The van der Waals surface area contributed by atoms with E-state index in [1.54, 1.807) is 7.05 Å². The van der Waals surface area contributed by atoms with Crippen molar-refractivity contribution in [3.63, 3.8) is 0 Å². The van der Waals surface area contributed by atoms with E-state index in [1.165, 1.54) is 10.9 Å². The van der Waals surface area contributed by atoms with Gasteiger partial charge in [-0.1, -0.05) is 18.0 Å². The summed E-state index contributed by atoms with van der Waals surface area (Å²) in [7, 11) is -2.08. The number of aromatic nitrogens is 2. The van der Waals surface area contributed by atoms with Crippen molar-refractivity contribution in [3.05, 3.63) is 11.2 Å². The van der Waals surface area contributed by atoms with Crippen LogP contribution in [0.4, 0.5) is 0 Å². The van der Waals surface area contributed by atoms with Gasteiger partial charge in [0.2, 0.25) is 0 Å². The lowest BCUT2D eigenvalue weighted by molar-refractivity contribution is 0.125. The summed E-state index contributed by atoms with van der Waals surface area (Å²) >= 11 is 5.97. The Balaban J connectivity index is 0.00000176. The minimum atomic E-state index is -3.66. The van der Waals surface area contributed by atoms with Crippen LogP contribution < -0.4 is 10.5 Å². The van der Waals surface area contributed by atoms with Crippen LogP contribution in [0.5, 0.6) is 0 Å². The Morgan fingerprint density at radius 2 is 1.95 bits per heavy atom. The lowest BCUT2D eigenvalue weighted by atomic mass is 9.67. The molecule has 0 amide bonds. The molecule has 0 spiro atoms. The van der Waals surface area contributed by atoms with E-state index in [0.29, 0.717) is 11.8 Å². The highest BCUT2D eigenvalue weighted by Crippen LogP contribution is 2.40. The first-order valence-corrected chi connectivity index (χ1v) is 9.20. The molecule has 0 aliphatic heterocycles. The highest BCUT2D eigenvalue weighted by molar-refractivity contribution is 7.89. The lowest BCUT2D eigenvalue weighted by Crippen LogP contribution is -2.53. The highest BCUT2D eigenvalue weighted by atomic mass is 35.5. The zero-order valence-electron chi connectivity index (χ0n) is 12.4. The molecule has 6 nitrogen and oxygen atoms in total. The molecular formula is C13H22Cl2N4O2S. The third-order valence-corrected chi connectivity index (χ3v) is 6.73. The van der Waals surface area contributed by atoms with Gasteiger partial charge in [-0.2, -0.15) is 5.10 Å². The monoisotopic (exact) mass is 368 g/mol. The summed E-state index contributed by atoms with van der Waals surface area (Å²) in [4.78, 5) is 0. The van der Waals surface area contributed by atoms with E-state index in [1.807, 2.05) is 0 Å². The van der Waals surface area contributed by atoms with Crippen LogP contribution in [0.1, 0.15) is 32.1 Å². The molecule has 2 fully saturated rings. The molecule has 1 aromatic rings. The molecule has 0 saturated heterocycles. The second kappa shape index (κ2) is 6.65. The predicted molar refractivity (Wildman–Crippen MR) is 87.6 cm³/mol. The molecule has 0 radical (unpaired) electrons. The third-order valence-electron chi connectivity index (χ3n) is 4.76. The van der Waals surface area contributed by atoms with Crippen LogP contribution in [-0.2, 0) is 17.1 Å². The van der Waals surface area contributed by atoms with Gasteiger partial charge in [0.25, 0.3) is 10.0 Å². The molecule has 2 bridgehead atoms. The maximum atomic E-state index is 12.6. The molecule has 2 saturated carbocycles. The minimum absolute atomic E-state index is 0. The summed E-state index contributed by atoms with van der Waals surface area (Å²) in [6, 6.07) is 0.163. The van der Waals surface area contributed by atoms with Gasteiger partial charge in [-0.05, 0) is 37.5 Å². The summed E-state index contributed by atoms with van der Waals surface area (Å²) in [5.41, 5.74) is 6.08. The quantitative estimate of drug-likeness (QED) is 0.848. The molecule has 2 aliphatic rings. The highest BCUT2D eigenvalue weighted by Gasteiger charge is 2.42. The van der Waals surface area contributed by atoms with Crippen molar-refractivity contribution in [1.82, 2.24) is 14.5 Å². The predicted octanol–water partition coefficient (Wildman–Crippen LogP) is 1.68. The van der Waals surface area contributed by atoms with Crippen molar-refractivity contribution in [2.45, 2.75) is 49.2 Å². The van der Waals surface area contributed by atoms with Crippen molar-refractivity contribution in [3.8, 4) is 0 Å². The number of nitrogens with one attached hydrogen (secondary N) is 1. The maximum Gasteiger partial charge on any atom is 0.259 e. The van der Waals surface area contributed by atoms with Gasteiger partial charge in [0.05, 0.1) is 11.2 Å². The van der Waals surface area contributed by atoms with Gasteiger partial charge in [0.1, 0.15) is 0 Å². The number of halogens is 2. The fraction of sp³-hybridized carbons (Fsp3) is 0.769. The van der Waals surface area contributed by atoms with Crippen LogP contribution in [0.3, 0.4) is 0 Å². The Kier molecular flexibility index (Phi) is 5.44. The average molecular weight is 369 g/mol. The Morgan fingerprint density at radius 1 is 1.36 bits per heavy atom. The number of nitrogens with two attached hydrogens (primary N) is 1. The Bertz CT molecular complexity index is 600. The number of nitrogens with zero attached hydrogens (tertiary/aromatic N) is 2. The standard InChI is InChI=1S/C13H21ClN4O2S.ClH/c1-18-13(11(14)7-16-18)21(19,20)17-12-8-3-2-4-9(12)6-10(15)5-8;/h7-10,12,17H,2-6,15H2,1H3;1H. The average Bonchev–Trinajstić information content (AvgIpc) is 2.70. The smallest absolute Gasteiger partial charge is 0.259 e. The van der Waals surface area contributed by atoms with Crippen molar-refractivity contribution in [2.24, 2.45) is 24.6 Å². The van der Waals surface area contributed by atoms with Crippen LogP contribution in [0.2, 0.25) is 5.02 Å². The second-order valence-corrected chi connectivity index (χ2v) is 8.29. The van der Waals surface area contributed by atoms with Crippen LogP contribution >= 0.6 is 24.0 Å². The molecule has 2 atom stereocenters. The van der Waals surface area contributed by atoms with E-state index in [9.17, 15) is 8.42 Å². The molecule has 126 valence electrons. The number of hydrogen-bond acceptors (Lipinski definition) is 4. The first-order valence-electron chi connectivity index (χ1n) is 7.34. The van der Waals surface area contributed by atoms with Crippen molar-refractivity contribution in [1.29, 1.82) is 0 Å². The largest absolute Gasteiger partial charge is 0.328 e. The van der Waals surface area contributed by atoms with E-state index in [-0.39, 0.29) is 34.5 Å². The summed E-state index contributed by atoms with van der Waals surface area (Å²) < 4.78 is 29.4. The van der Waals surface area contributed by atoms with Crippen LogP contribution in [0.15, 0.2) is 11.2 Å². The van der Waals surface area contributed by atoms with E-state index in [4.69, 9.17) is 17.3 Å². The van der Waals surface area contributed by atoms with E-state index >= 15 is 0 Å². The van der Waals surface area contributed by atoms with Gasteiger partial charge in [0, 0.05) is 19.1 Å². The molecule has 2 aliphatic carbocycles. The van der Waals surface area contributed by atoms with Crippen LogP contribution in [0.25, 0.3) is 0 Å². The van der Waals surface area contributed by atoms with Gasteiger partial charge >= 0.3 is 0 Å². The van der Waals surface area contributed by atoms with Crippen molar-refractivity contribution in [2.75, 3.05) is 0 Å². The summed E-state index contributed by atoms with van der Waals surface area (Å²) in [5, 5.41) is 4.10. The molecule has 1 heterocycles. The number of sulfonamides is 1. The molecule has 3 rings (SSSR count). The molecule has 2 unspecified atom stereocenters. The topological polar surface area (TPSA) is 90.0 Å². The zero-order valence-corrected chi connectivity index (χ0v) is 14.8. The van der Waals surface area contributed by atoms with Gasteiger partial charge in [-0.3, -0.25) is 4.68 Å². The number of rotatable bonds is 3. The summed E-state index contributed by atoms with van der Waals surface area (Å²) in [5.74, 6) is 0.656. The fourth-order valence-corrected chi connectivity index (χ4v) is 5.95. The lowest BCUT2D eigenvalue weighted by Gasteiger charge is -2.44. The Hall–Kier alpha value is -0.340. The number of fused-ring (bicyclic) bond motifs is 2. The van der Waals surface area contributed by atoms with E-state index in [2.05, 4.69) is 9.82 Å². The SMILES string of the molecule is Cl.Cn1ncc(Cl)c1S(=O)(=O)NC1C2CCCC1CC(N)C2. The van der Waals surface area contributed by atoms with E-state index in [0.717, 1.165) is 32.1 Å². The number of aryl methyl sites for hydroxylation is 1. The van der Waals surface area contributed by atoms with Crippen LogP contribution in [-0.4, -0.2) is 30.3 Å². The molecular weight excluding hydrogens is 347 g/mol. The first kappa shape index (κ1) is 18.0. The molecule has 3 N–H and O–H groups in total. The normalized spacial score (nSPS) is 31.6. The summed E-state index contributed by atoms with van der Waals surface area (Å²) in [6.07, 6.45) is 6.37. The maximum absolute atomic E-state index is 12.6. The Morgan fingerprint density at radius 3 is 2.45 bits per heavy atom. The van der Waals surface area contributed by atoms with E-state index < -0.39 is 10.0 Å². The molecule has 22 heavy (non-hydrogen) atoms. The Labute approximate surface area is 142 Å². The zero-order chi connectivity index (χ0) is 15.2. The molecule has 0 aromatic carbocycles. The summed E-state index contributed by atoms with van der Waals surface area (Å²) in [6.45, 7) is 0. The van der Waals surface area contributed by atoms with Gasteiger partial charge in [-0.15, -0.1) is 12.4 Å². The van der Waals surface area contributed by atoms with Gasteiger partial charge in [0.15, 0.2) is 5.03 Å². The van der Waals surface area contributed by atoms with Crippen molar-refractivity contribution >= 4 is 34.0 Å². The molecule has 1 aromatic heterocycles. The van der Waals surface area contributed by atoms with Crippen LogP contribution in [0, 0.1) is 11.8 Å². The minimum Gasteiger partial charge on any atom is -0.328 e. The molecule has 9 heteroatoms. The van der Waals surface area contributed by atoms with Gasteiger partial charge < -0.3 is 5.73 Å². The van der Waals surface area contributed by atoms with Crippen molar-refractivity contribution < 1.29 is 8.42 Å². The fourth-order valence-electron chi connectivity index (χ4n) is 3.92. The first-order chi connectivity index (χ1) is 9.88.